The van der Waals surface area contributed by atoms with Crippen LogP contribution in [-0.2, 0) is 0 Å². The van der Waals surface area contributed by atoms with Gasteiger partial charge in [-0.3, -0.25) is 0 Å². The predicted molar refractivity (Wildman–Crippen MR) is 74.2 cm³/mol. The first-order valence-corrected chi connectivity index (χ1v) is 6.96. The molecule has 0 saturated carbocycles. The quantitative estimate of drug-likeness (QED) is 0.815. The Bertz CT molecular complexity index is 524. The monoisotopic (exact) mass is 297 g/mol. The van der Waals surface area contributed by atoms with E-state index in [9.17, 15) is 9.50 Å². The summed E-state index contributed by atoms with van der Waals surface area (Å²) in [6, 6.07) is 6.38. The molecule has 0 bridgehead atoms. The van der Waals surface area contributed by atoms with Gasteiger partial charge in [0.25, 0.3) is 0 Å². The Hall–Kier alpha value is -1.57. The third-order valence-corrected chi connectivity index (χ3v) is 3.26. The highest BCUT2D eigenvalue weighted by Gasteiger charge is 2.12. The van der Waals surface area contributed by atoms with Crippen LogP contribution in [0.25, 0.3) is 0 Å². The van der Waals surface area contributed by atoms with Gasteiger partial charge in [0.15, 0.2) is 0 Å². The number of nitrogens with one attached hydrogen (secondary N) is 1. The minimum Gasteiger partial charge on any atom is -0.473 e. The highest BCUT2D eigenvalue weighted by atomic mass is 32.1. The van der Waals surface area contributed by atoms with Crippen molar-refractivity contribution in [2.24, 2.45) is 0 Å². The van der Waals surface area contributed by atoms with Crippen LogP contribution in [0.2, 0.25) is 0 Å². The number of benzene rings is 1. The molecule has 20 heavy (non-hydrogen) atoms. The Kier molecular flexibility index (Phi) is 5.40. The first-order chi connectivity index (χ1) is 9.66. The maximum absolute atomic E-state index is 13.6. The van der Waals surface area contributed by atoms with Gasteiger partial charge < -0.3 is 15.2 Å². The summed E-state index contributed by atoms with van der Waals surface area (Å²) in [7, 11) is 0. The average molecular weight is 297 g/mol. The second-order valence-corrected chi connectivity index (χ2v) is 4.92. The normalized spacial score (nSPS) is 13.9. The van der Waals surface area contributed by atoms with Gasteiger partial charge >= 0.3 is 0 Å². The number of hydrogen-bond donors (Lipinski definition) is 2. The van der Waals surface area contributed by atoms with Crippen LogP contribution >= 0.6 is 11.7 Å². The molecule has 1 aromatic carbocycles. The van der Waals surface area contributed by atoms with Gasteiger partial charge in [-0.25, -0.2) is 4.39 Å². The van der Waals surface area contributed by atoms with Crippen LogP contribution in [0.15, 0.2) is 30.5 Å². The van der Waals surface area contributed by atoms with E-state index in [1.807, 2.05) is 6.92 Å². The number of nitrogens with zero attached hydrogens (tertiary/aromatic N) is 2. The summed E-state index contributed by atoms with van der Waals surface area (Å²) >= 11 is 1.04. The lowest BCUT2D eigenvalue weighted by atomic mass is 10.1. The van der Waals surface area contributed by atoms with Crippen molar-refractivity contribution in [3.63, 3.8) is 0 Å². The van der Waals surface area contributed by atoms with E-state index in [-0.39, 0.29) is 18.5 Å². The van der Waals surface area contributed by atoms with Crippen molar-refractivity contribution in [2.75, 3.05) is 13.2 Å². The van der Waals surface area contributed by atoms with E-state index in [1.165, 1.54) is 12.3 Å². The summed E-state index contributed by atoms with van der Waals surface area (Å²) < 4.78 is 26.5. The van der Waals surface area contributed by atoms with Crippen LogP contribution < -0.4 is 10.1 Å². The van der Waals surface area contributed by atoms with Gasteiger partial charge in [-0.15, -0.1) is 4.37 Å². The molecule has 1 unspecified atom stereocenters. The molecule has 0 amide bonds. The number of aliphatic hydroxyl groups is 1. The fraction of sp³-hybridized carbons (Fsp3) is 0.385. The predicted octanol–water partition coefficient (Wildman–Crippen LogP) is 1.77. The number of aromatic nitrogens is 2. The number of rotatable bonds is 7. The SMILES string of the molecule is C[C@@H](NCC(O)COc1cnsn1)c1ccccc1F. The number of ether oxygens (including phenoxy) is 1. The van der Waals surface area contributed by atoms with Gasteiger partial charge in [-0.2, -0.15) is 4.37 Å². The van der Waals surface area contributed by atoms with Crippen LogP contribution in [0.4, 0.5) is 4.39 Å². The van der Waals surface area contributed by atoms with Crippen molar-refractivity contribution in [3.05, 3.63) is 41.8 Å². The van der Waals surface area contributed by atoms with Gasteiger partial charge in [0.1, 0.15) is 24.7 Å². The first-order valence-electron chi connectivity index (χ1n) is 6.23. The van der Waals surface area contributed by atoms with Gasteiger partial charge in [0.05, 0.1) is 11.7 Å². The van der Waals surface area contributed by atoms with E-state index < -0.39 is 6.10 Å². The van der Waals surface area contributed by atoms with Crippen molar-refractivity contribution in [3.8, 4) is 5.88 Å². The highest BCUT2D eigenvalue weighted by Crippen LogP contribution is 2.15. The van der Waals surface area contributed by atoms with Crippen LogP contribution in [-0.4, -0.2) is 33.1 Å². The third-order valence-electron chi connectivity index (χ3n) is 2.80. The van der Waals surface area contributed by atoms with E-state index in [0.717, 1.165) is 11.7 Å². The zero-order valence-corrected chi connectivity index (χ0v) is 11.8. The topological polar surface area (TPSA) is 67.3 Å². The standard InChI is InChI=1S/C13H16FN3O2S/c1-9(11-4-2-3-5-12(11)14)15-6-10(18)8-19-13-7-16-20-17-13/h2-5,7,9-10,15,18H,6,8H2,1H3/t9-,10?/m1/s1. The Morgan fingerprint density at radius 2 is 2.25 bits per heavy atom. The van der Waals surface area contributed by atoms with Crippen LogP contribution in [0.5, 0.6) is 5.88 Å². The molecule has 2 atom stereocenters. The van der Waals surface area contributed by atoms with Crippen LogP contribution in [0.1, 0.15) is 18.5 Å². The lowest BCUT2D eigenvalue weighted by Crippen LogP contribution is -2.33. The molecule has 1 aromatic heterocycles. The molecule has 0 aliphatic rings. The minimum absolute atomic E-state index is 0.113. The molecule has 2 N–H and O–H groups in total. The molecule has 0 aliphatic heterocycles. The number of hydrogen-bond acceptors (Lipinski definition) is 6. The molecule has 0 saturated heterocycles. The van der Waals surface area contributed by atoms with Gasteiger partial charge in [0.2, 0.25) is 5.88 Å². The van der Waals surface area contributed by atoms with Crippen molar-refractivity contribution in [1.29, 1.82) is 0 Å². The summed E-state index contributed by atoms with van der Waals surface area (Å²) in [5.41, 5.74) is 0.573. The Labute approximate surface area is 120 Å². The molecular formula is C13H16FN3O2S. The lowest BCUT2D eigenvalue weighted by molar-refractivity contribution is 0.102. The van der Waals surface area contributed by atoms with Gasteiger partial charge in [-0.05, 0) is 13.0 Å². The van der Waals surface area contributed by atoms with Gasteiger partial charge in [-0.1, -0.05) is 18.2 Å². The second-order valence-electron chi connectivity index (χ2n) is 4.36. The first kappa shape index (κ1) is 14.8. The highest BCUT2D eigenvalue weighted by molar-refractivity contribution is 6.99. The summed E-state index contributed by atoms with van der Waals surface area (Å²) in [6.07, 6.45) is 0.790. The molecule has 0 fully saturated rings. The Morgan fingerprint density at radius 3 is 2.95 bits per heavy atom. The molecule has 2 aromatic rings. The smallest absolute Gasteiger partial charge is 0.245 e. The van der Waals surface area contributed by atoms with E-state index in [2.05, 4.69) is 14.1 Å². The fourth-order valence-corrected chi connectivity index (χ4v) is 2.07. The van der Waals surface area contributed by atoms with Crippen molar-refractivity contribution in [1.82, 2.24) is 14.1 Å². The van der Waals surface area contributed by atoms with E-state index in [4.69, 9.17) is 4.74 Å². The zero-order valence-electron chi connectivity index (χ0n) is 11.0. The summed E-state index contributed by atoms with van der Waals surface area (Å²) in [5, 5.41) is 12.9. The lowest BCUT2D eigenvalue weighted by Gasteiger charge is -2.17. The Balaban J connectivity index is 1.75. The molecule has 1 heterocycles. The van der Waals surface area contributed by atoms with E-state index in [1.54, 1.807) is 18.2 Å². The molecule has 0 spiro atoms. The minimum atomic E-state index is -0.703. The molecule has 0 aliphatic carbocycles. The summed E-state index contributed by atoms with van der Waals surface area (Å²) in [5.74, 6) is 0.142. The third kappa shape index (κ3) is 4.22. The largest absolute Gasteiger partial charge is 0.473 e. The maximum Gasteiger partial charge on any atom is 0.245 e. The van der Waals surface area contributed by atoms with Crippen molar-refractivity contribution >= 4 is 11.7 Å². The van der Waals surface area contributed by atoms with Crippen molar-refractivity contribution < 1.29 is 14.2 Å². The summed E-state index contributed by atoms with van der Waals surface area (Å²) in [6.45, 7) is 2.26. The molecule has 2 rings (SSSR count). The van der Waals surface area contributed by atoms with Crippen molar-refractivity contribution in [2.45, 2.75) is 19.1 Å². The molecule has 0 radical (unpaired) electrons. The van der Waals surface area contributed by atoms with Crippen LogP contribution in [0, 0.1) is 5.82 Å². The van der Waals surface area contributed by atoms with Gasteiger partial charge in [0, 0.05) is 18.2 Å². The van der Waals surface area contributed by atoms with E-state index in [0.29, 0.717) is 18.0 Å². The molecule has 7 heteroatoms. The molecule has 108 valence electrons. The van der Waals surface area contributed by atoms with Crippen LogP contribution in [0.3, 0.4) is 0 Å². The maximum atomic E-state index is 13.6. The second kappa shape index (κ2) is 7.28. The number of aliphatic hydroxyl groups excluding tert-OH is 1. The summed E-state index contributed by atoms with van der Waals surface area (Å²) in [4.78, 5) is 0. The fourth-order valence-electron chi connectivity index (χ4n) is 1.71. The average Bonchev–Trinajstić information content (AvgIpc) is 2.96. The molecule has 5 nitrogen and oxygen atoms in total. The van der Waals surface area contributed by atoms with E-state index >= 15 is 0 Å². The molecular weight excluding hydrogens is 281 g/mol. The Morgan fingerprint density at radius 1 is 1.45 bits per heavy atom. The number of halogens is 1. The zero-order chi connectivity index (χ0) is 14.4.